The van der Waals surface area contributed by atoms with Gasteiger partial charge in [0.1, 0.15) is 0 Å². The number of amides is 2. The van der Waals surface area contributed by atoms with Crippen LogP contribution in [0.4, 0.5) is 13.2 Å². The molecule has 9 heteroatoms. The van der Waals surface area contributed by atoms with Crippen LogP contribution in [0.3, 0.4) is 0 Å². The van der Waals surface area contributed by atoms with E-state index in [4.69, 9.17) is 0 Å². The molecule has 0 spiro atoms. The van der Waals surface area contributed by atoms with Gasteiger partial charge in [0.2, 0.25) is 5.91 Å². The maximum Gasteiger partial charge on any atom is 0.471 e. The average Bonchev–Trinajstić information content (AvgIpc) is 2.89. The van der Waals surface area contributed by atoms with Gasteiger partial charge in [-0.1, -0.05) is 0 Å². The van der Waals surface area contributed by atoms with E-state index < -0.39 is 12.1 Å². The number of halogens is 3. The average molecular weight is 335 g/mol. The molecular formula is C13H16F3N3O2S. The van der Waals surface area contributed by atoms with Gasteiger partial charge >= 0.3 is 12.1 Å². The van der Waals surface area contributed by atoms with Crippen LogP contribution in [0.25, 0.3) is 0 Å². The molecule has 1 aromatic rings. The number of alkyl halides is 3. The van der Waals surface area contributed by atoms with Crippen molar-refractivity contribution in [3.05, 3.63) is 16.1 Å². The molecule has 0 atom stereocenters. The fraction of sp³-hybridized carbons (Fsp3) is 0.615. The van der Waals surface area contributed by atoms with Crippen molar-refractivity contribution in [1.29, 1.82) is 0 Å². The standard InChI is InChI=1S/C13H16F3N3O2S/c1-8-18-10(7-22-8)6-17-11(20)9-2-4-19(5-3-9)12(21)13(14,15)16/h7,9H,2-6H2,1H3,(H,17,20). The van der Waals surface area contributed by atoms with Crippen LogP contribution in [-0.4, -0.2) is 41.0 Å². The second-order valence-corrected chi connectivity index (χ2v) is 6.20. The van der Waals surface area contributed by atoms with Crippen LogP contribution in [0.2, 0.25) is 0 Å². The number of thiazole rings is 1. The highest BCUT2D eigenvalue weighted by molar-refractivity contribution is 7.09. The molecular weight excluding hydrogens is 319 g/mol. The first-order valence-electron chi connectivity index (χ1n) is 6.82. The number of aromatic nitrogens is 1. The lowest BCUT2D eigenvalue weighted by Crippen LogP contribution is -2.47. The van der Waals surface area contributed by atoms with Crippen molar-refractivity contribution in [2.45, 2.75) is 32.5 Å². The number of piperidine rings is 1. The number of nitrogens with one attached hydrogen (secondary N) is 1. The molecule has 5 nitrogen and oxygen atoms in total. The Labute approximate surface area is 129 Å². The molecule has 2 rings (SSSR count). The van der Waals surface area contributed by atoms with Crippen LogP contribution in [0, 0.1) is 12.8 Å². The maximum absolute atomic E-state index is 12.3. The summed E-state index contributed by atoms with van der Waals surface area (Å²) >= 11 is 1.48. The number of carbonyl (C=O) groups excluding carboxylic acids is 2. The minimum Gasteiger partial charge on any atom is -0.350 e. The van der Waals surface area contributed by atoms with Gasteiger partial charge in [0.15, 0.2) is 0 Å². The Bertz CT molecular complexity index is 551. The van der Waals surface area contributed by atoms with Gasteiger partial charge in [-0.05, 0) is 19.8 Å². The van der Waals surface area contributed by atoms with E-state index in [1.165, 1.54) is 11.3 Å². The van der Waals surface area contributed by atoms with Gasteiger partial charge in [-0.15, -0.1) is 11.3 Å². The molecule has 2 heterocycles. The SMILES string of the molecule is Cc1nc(CNC(=O)C2CCN(C(=O)C(F)(F)F)CC2)cs1. The van der Waals surface area contributed by atoms with Gasteiger partial charge in [0, 0.05) is 24.4 Å². The molecule has 122 valence electrons. The smallest absolute Gasteiger partial charge is 0.350 e. The lowest BCUT2D eigenvalue weighted by Gasteiger charge is -2.31. The zero-order valence-corrected chi connectivity index (χ0v) is 12.8. The van der Waals surface area contributed by atoms with E-state index in [1.807, 2.05) is 12.3 Å². The van der Waals surface area contributed by atoms with Crippen LogP contribution in [0.5, 0.6) is 0 Å². The molecule has 22 heavy (non-hydrogen) atoms. The Morgan fingerprint density at radius 3 is 2.55 bits per heavy atom. The largest absolute Gasteiger partial charge is 0.471 e. The first-order chi connectivity index (χ1) is 10.3. The number of aryl methyl sites for hydroxylation is 1. The summed E-state index contributed by atoms with van der Waals surface area (Å²) in [5, 5.41) is 5.49. The normalized spacial score (nSPS) is 16.6. The third-order valence-electron chi connectivity index (χ3n) is 3.51. The third kappa shape index (κ3) is 4.19. The van der Waals surface area contributed by atoms with E-state index in [-0.39, 0.29) is 37.8 Å². The summed E-state index contributed by atoms with van der Waals surface area (Å²) in [4.78, 5) is 28.1. The Hall–Kier alpha value is -1.64. The van der Waals surface area contributed by atoms with Crippen molar-refractivity contribution in [2.75, 3.05) is 13.1 Å². The van der Waals surface area contributed by atoms with Crippen LogP contribution in [-0.2, 0) is 16.1 Å². The predicted molar refractivity (Wildman–Crippen MR) is 74.1 cm³/mol. The summed E-state index contributed by atoms with van der Waals surface area (Å²) < 4.78 is 37.0. The highest BCUT2D eigenvalue weighted by Gasteiger charge is 2.43. The molecule has 0 radical (unpaired) electrons. The van der Waals surface area contributed by atoms with Gasteiger partial charge in [0.05, 0.1) is 17.2 Å². The van der Waals surface area contributed by atoms with Crippen LogP contribution in [0.15, 0.2) is 5.38 Å². The molecule has 0 saturated carbocycles. The zero-order valence-electron chi connectivity index (χ0n) is 11.9. The molecule has 0 aliphatic carbocycles. The zero-order chi connectivity index (χ0) is 16.3. The van der Waals surface area contributed by atoms with Crippen molar-refractivity contribution < 1.29 is 22.8 Å². The second-order valence-electron chi connectivity index (χ2n) is 5.14. The summed E-state index contributed by atoms with van der Waals surface area (Å²) in [5.74, 6) is -2.40. The van der Waals surface area contributed by atoms with Crippen LogP contribution >= 0.6 is 11.3 Å². The molecule has 1 N–H and O–H groups in total. The molecule has 0 aromatic carbocycles. The van der Waals surface area contributed by atoms with Gasteiger partial charge < -0.3 is 10.2 Å². The predicted octanol–water partition coefficient (Wildman–Crippen LogP) is 1.87. The number of likely N-dealkylation sites (tertiary alicyclic amines) is 1. The van der Waals surface area contributed by atoms with Gasteiger partial charge in [-0.2, -0.15) is 13.2 Å². The summed E-state index contributed by atoms with van der Waals surface area (Å²) in [7, 11) is 0. The number of carbonyl (C=O) groups is 2. The summed E-state index contributed by atoms with van der Waals surface area (Å²) in [6, 6.07) is 0. The number of nitrogens with zero attached hydrogens (tertiary/aromatic N) is 2. The van der Waals surface area contributed by atoms with E-state index in [2.05, 4.69) is 10.3 Å². The molecule has 1 saturated heterocycles. The molecule has 1 aliphatic rings. The van der Waals surface area contributed by atoms with Crippen molar-refractivity contribution in [1.82, 2.24) is 15.2 Å². The summed E-state index contributed by atoms with van der Waals surface area (Å²) in [5.41, 5.74) is 0.764. The van der Waals surface area contributed by atoms with E-state index in [9.17, 15) is 22.8 Å². The van der Waals surface area contributed by atoms with Gasteiger partial charge in [-0.3, -0.25) is 9.59 Å². The number of hydrogen-bond acceptors (Lipinski definition) is 4. The first kappa shape index (κ1) is 16.7. The molecule has 1 aliphatic heterocycles. The molecule has 2 amide bonds. The minimum absolute atomic E-state index is 0.0494. The van der Waals surface area contributed by atoms with E-state index in [1.54, 1.807) is 0 Å². The summed E-state index contributed by atoms with van der Waals surface area (Å²) in [6.45, 7) is 2.08. The minimum atomic E-state index is -4.85. The topological polar surface area (TPSA) is 62.3 Å². The quantitative estimate of drug-likeness (QED) is 0.917. The molecule has 1 aromatic heterocycles. The third-order valence-corrected chi connectivity index (χ3v) is 4.33. The van der Waals surface area contributed by atoms with Crippen molar-refractivity contribution in [2.24, 2.45) is 5.92 Å². The van der Waals surface area contributed by atoms with Crippen LogP contribution < -0.4 is 5.32 Å². The van der Waals surface area contributed by atoms with E-state index in [0.717, 1.165) is 15.6 Å². The monoisotopic (exact) mass is 335 g/mol. The Morgan fingerprint density at radius 2 is 2.05 bits per heavy atom. The fourth-order valence-electron chi connectivity index (χ4n) is 2.34. The molecule has 0 unspecified atom stereocenters. The van der Waals surface area contributed by atoms with E-state index in [0.29, 0.717) is 6.54 Å². The maximum atomic E-state index is 12.3. The molecule has 0 bridgehead atoms. The Balaban J connectivity index is 1.79. The van der Waals surface area contributed by atoms with Gasteiger partial charge in [0.25, 0.3) is 0 Å². The first-order valence-corrected chi connectivity index (χ1v) is 7.70. The Kier molecular flexibility index (Phi) is 5.05. The number of hydrogen-bond donors (Lipinski definition) is 1. The highest BCUT2D eigenvalue weighted by atomic mass is 32.1. The fourth-order valence-corrected chi connectivity index (χ4v) is 2.95. The summed E-state index contributed by atoms with van der Waals surface area (Å²) in [6.07, 6.45) is -4.37. The van der Waals surface area contributed by atoms with Crippen LogP contribution in [0.1, 0.15) is 23.5 Å². The number of rotatable bonds is 3. The van der Waals surface area contributed by atoms with E-state index >= 15 is 0 Å². The van der Waals surface area contributed by atoms with Crippen molar-refractivity contribution >= 4 is 23.2 Å². The molecule has 1 fully saturated rings. The lowest BCUT2D eigenvalue weighted by molar-refractivity contribution is -0.186. The second kappa shape index (κ2) is 6.64. The lowest BCUT2D eigenvalue weighted by atomic mass is 9.96. The highest BCUT2D eigenvalue weighted by Crippen LogP contribution is 2.24. The van der Waals surface area contributed by atoms with Crippen molar-refractivity contribution in [3.63, 3.8) is 0 Å². The Morgan fingerprint density at radius 1 is 1.41 bits per heavy atom. The van der Waals surface area contributed by atoms with Gasteiger partial charge in [-0.25, -0.2) is 4.98 Å². The van der Waals surface area contributed by atoms with Crippen molar-refractivity contribution in [3.8, 4) is 0 Å².